The second kappa shape index (κ2) is 8.34. The van der Waals surface area contributed by atoms with Crippen LogP contribution in [0.4, 0.5) is 0 Å². The minimum absolute atomic E-state index is 0.000683. The summed E-state index contributed by atoms with van der Waals surface area (Å²) < 4.78 is 12.5. The third kappa shape index (κ3) is 4.30. The summed E-state index contributed by atoms with van der Waals surface area (Å²) >= 11 is 0. The molecule has 0 amide bonds. The molecule has 134 valence electrons. The van der Waals surface area contributed by atoms with Crippen LogP contribution in [0.15, 0.2) is 61.1 Å². The molecule has 2 aromatic carbocycles. The quantitative estimate of drug-likeness (QED) is 0.583. The van der Waals surface area contributed by atoms with Crippen LogP contribution in [-0.4, -0.2) is 29.6 Å². The average Bonchev–Trinajstić information content (AvgIpc) is 3.13. The molecule has 0 atom stereocenters. The highest BCUT2D eigenvalue weighted by atomic mass is 16.5. The predicted molar refractivity (Wildman–Crippen MR) is 100.0 cm³/mol. The number of carbonyl (C=O) groups is 1. The van der Waals surface area contributed by atoms with E-state index in [4.69, 9.17) is 9.47 Å². The second-order valence-corrected chi connectivity index (χ2v) is 6.01. The van der Waals surface area contributed by atoms with Crippen LogP contribution in [0.25, 0.3) is 0 Å². The van der Waals surface area contributed by atoms with Gasteiger partial charge in [0, 0.05) is 18.3 Å². The van der Waals surface area contributed by atoms with Gasteiger partial charge in [0.15, 0.2) is 17.3 Å². The number of benzene rings is 2. The maximum absolute atomic E-state index is 12.5. The Balaban J connectivity index is 1.62. The molecule has 1 aromatic heterocycles. The van der Waals surface area contributed by atoms with Crippen molar-refractivity contribution in [3.8, 4) is 11.5 Å². The van der Waals surface area contributed by atoms with Gasteiger partial charge >= 0.3 is 0 Å². The van der Waals surface area contributed by atoms with Crippen LogP contribution in [0.3, 0.4) is 0 Å². The van der Waals surface area contributed by atoms with Crippen molar-refractivity contribution in [2.45, 2.75) is 19.4 Å². The third-order valence-electron chi connectivity index (χ3n) is 4.24. The maximum Gasteiger partial charge on any atom is 0.169 e. The van der Waals surface area contributed by atoms with Crippen molar-refractivity contribution in [1.82, 2.24) is 9.55 Å². The standard InChI is InChI=1S/C21H22N2O3/c1-25-20-9-8-17(12-21(20)26-2)19(24)13-18-14-23(15-22-18)11-10-16-6-4-3-5-7-16/h3-9,12,14-15H,10-11,13H2,1-2H3. The number of carbonyl (C=O) groups excluding carboxylic acids is 1. The maximum atomic E-state index is 12.5. The number of ether oxygens (including phenoxy) is 2. The number of hydrogen-bond donors (Lipinski definition) is 0. The number of Topliss-reactive ketones (excluding diaryl/α,β-unsaturated/α-hetero) is 1. The number of aryl methyl sites for hydroxylation is 2. The molecule has 5 heteroatoms. The molecule has 0 aliphatic heterocycles. The number of nitrogens with zero attached hydrogens (tertiary/aromatic N) is 2. The fourth-order valence-electron chi connectivity index (χ4n) is 2.80. The van der Waals surface area contributed by atoms with Crippen molar-refractivity contribution in [1.29, 1.82) is 0 Å². The van der Waals surface area contributed by atoms with Crippen LogP contribution < -0.4 is 9.47 Å². The van der Waals surface area contributed by atoms with Crippen LogP contribution in [0, 0.1) is 0 Å². The van der Waals surface area contributed by atoms with Gasteiger partial charge in [-0.2, -0.15) is 0 Å². The molecule has 0 aliphatic carbocycles. The normalized spacial score (nSPS) is 10.5. The first-order valence-electron chi connectivity index (χ1n) is 8.49. The van der Waals surface area contributed by atoms with Gasteiger partial charge in [-0.05, 0) is 30.2 Å². The van der Waals surface area contributed by atoms with E-state index in [2.05, 4.69) is 17.1 Å². The van der Waals surface area contributed by atoms with Gasteiger partial charge < -0.3 is 14.0 Å². The van der Waals surface area contributed by atoms with Crippen molar-refractivity contribution >= 4 is 5.78 Å². The van der Waals surface area contributed by atoms with E-state index in [0.29, 0.717) is 17.1 Å². The molecule has 0 spiro atoms. The summed E-state index contributed by atoms with van der Waals surface area (Å²) in [6.07, 6.45) is 4.90. The van der Waals surface area contributed by atoms with Gasteiger partial charge in [-0.25, -0.2) is 4.98 Å². The molecule has 3 rings (SSSR count). The van der Waals surface area contributed by atoms with Crippen molar-refractivity contribution in [3.63, 3.8) is 0 Å². The van der Waals surface area contributed by atoms with Crippen LogP contribution in [0.2, 0.25) is 0 Å². The molecule has 0 saturated heterocycles. The molecule has 5 nitrogen and oxygen atoms in total. The molecule has 0 N–H and O–H groups in total. The van der Waals surface area contributed by atoms with Crippen LogP contribution in [-0.2, 0) is 19.4 Å². The molecule has 1 heterocycles. The van der Waals surface area contributed by atoms with E-state index in [-0.39, 0.29) is 12.2 Å². The monoisotopic (exact) mass is 350 g/mol. The predicted octanol–water partition coefficient (Wildman–Crippen LogP) is 3.57. The summed E-state index contributed by atoms with van der Waals surface area (Å²) in [5.74, 6) is 1.15. The molecule has 0 bridgehead atoms. The Labute approximate surface area is 153 Å². The van der Waals surface area contributed by atoms with E-state index >= 15 is 0 Å². The highest BCUT2D eigenvalue weighted by Gasteiger charge is 2.13. The van der Waals surface area contributed by atoms with Crippen molar-refractivity contribution < 1.29 is 14.3 Å². The zero-order valence-electron chi connectivity index (χ0n) is 15.0. The summed E-state index contributed by atoms with van der Waals surface area (Å²) in [4.78, 5) is 16.9. The second-order valence-electron chi connectivity index (χ2n) is 6.01. The zero-order chi connectivity index (χ0) is 18.4. The van der Waals surface area contributed by atoms with E-state index in [1.165, 1.54) is 5.56 Å². The van der Waals surface area contributed by atoms with Crippen molar-refractivity contribution in [2.24, 2.45) is 0 Å². The fourth-order valence-corrected chi connectivity index (χ4v) is 2.80. The zero-order valence-corrected chi connectivity index (χ0v) is 15.0. The lowest BCUT2D eigenvalue weighted by Gasteiger charge is -2.08. The van der Waals surface area contributed by atoms with E-state index in [0.717, 1.165) is 18.7 Å². The number of methoxy groups -OCH3 is 2. The fraction of sp³-hybridized carbons (Fsp3) is 0.238. The molecule has 0 saturated carbocycles. The van der Waals surface area contributed by atoms with E-state index in [1.807, 2.05) is 29.0 Å². The van der Waals surface area contributed by atoms with Gasteiger partial charge in [-0.15, -0.1) is 0 Å². The van der Waals surface area contributed by atoms with Gasteiger partial charge in [0.1, 0.15) is 0 Å². The molecular weight excluding hydrogens is 328 g/mol. The lowest BCUT2D eigenvalue weighted by Crippen LogP contribution is -2.05. The van der Waals surface area contributed by atoms with Crippen molar-refractivity contribution in [2.75, 3.05) is 14.2 Å². The van der Waals surface area contributed by atoms with Gasteiger partial charge in [-0.1, -0.05) is 30.3 Å². The Morgan fingerprint density at radius 2 is 1.81 bits per heavy atom. The average molecular weight is 350 g/mol. The smallest absolute Gasteiger partial charge is 0.169 e. The summed E-state index contributed by atoms with van der Waals surface area (Å²) in [5, 5.41) is 0. The number of hydrogen-bond acceptors (Lipinski definition) is 4. The largest absolute Gasteiger partial charge is 0.493 e. The molecule has 3 aromatic rings. The number of ketones is 1. The van der Waals surface area contributed by atoms with Gasteiger partial charge in [0.2, 0.25) is 0 Å². The number of aromatic nitrogens is 2. The Hall–Kier alpha value is -3.08. The minimum Gasteiger partial charge on any atom is -0.493 e. The van der Waals surface area contributed by atoms with Gasteiger partial charge in [-0.3, -0.25) is 4.79 Å². The third-order valence-corrected chi connectivity index (χ3v) is 4.24. The lowest BCUT2D eigenvalue weighted by molar-refractivity contribution is 0.0991. The molecule has 0 fully saturated rings. The molecule has 26 heavy (non-hydrogen) atoms. The first kappa shape index (κ1) is 17.7. The summed E-state index contributed by atoms with van der Waals surface area (Å²) in [6.45, 7) is 0.835. The Bertz CT molecular complexity index is 872. The molecular formula is C21H22N2O3. The van der Waals surface area contributed by atoms with Gasteiger partial charge in [0.05, 0.1) is 32.7 Å². The molecule has 0 radical (unpaired) electrons. The number of imidazole rings is 1. The molecule has 0 unspecified atom stereocenters. The topological polar surface area (TPSA) is 53.4 Å². The van der Waals surface area contributed by atoms with Crippen LogP contribution >= 0.6 is 0 Å². The van der Waals surface area contributed by atoms with Crippen LogP contribution in [0.1, 0.15) is 21.6 Å². The SMILES string of the molecule is COc1ccc(C(=O)Cc2cn(CCc3ccccc3)cn2)cc1OC. The molecule has 0 aliphatic rings. The minimum atomic E-state index is -0.000683. The van der Waals surface area contributed by atoms with Crippen molar-refractivity contribution in [3.05, 3.63) is 77.9 Å². The first-order valence-corrected chi connectivity index (χ1v) is 8.49. The van der Waals surface area contributed by atoms with Crippen LogP contribution in [0.5, 0.6) is 11.5 Å². The van der Waals surface area contributed by atoms with E-state index < -0.39 is 0 Å². The van der Waals surface area contributed by atoms with E-state index in [9.17, 15) is 4.79 Å². The van der Waals surface area contributed by atoms with Gasteiger partial charge in [0.25, 0.3) is 0 Å². The number of rotatable bonds is 8. The summed E-state index contributed by atoms with van der Waals surface area (Å²) in [7, 11) is 3.13. The lowest BCUT2D eigenvalue weighted by atomic mass is 10.1. The first-order chi connectivity index (χ1) is 12.7. The Morgan fingerprint density at radius 3 is 2.54 bits per heavy atom. The Kier molecular flexibility index (Phi) is 5.69. The highest BCUT2D eigenvalue weighted by molar-refractivity contribution is 5.97. The summed E-state index contributed by atoms with van der Waals surface area (Å²) in [6, 6.07) is 15.5. The highest BCUT2D eigenvalue weighted by Crippen LogP contribution is 2.28. The van der Waals surface area contributed by atoms with E-state index in [1.54, 1.807) is 38.7 Å². The Morgan fingerprint density at radius 1 is 1.04 bits per heavy atom. The summed E-state index contributed by atoms with van der Waals surface area (Å²) in [5.41, 5.74) is 2.63.